The minimum absolute atomic E-state index is 0.0720. The lowest BCUT2D eigenvalue weighted by Gasteiger charge is -2.47. The predicted molar refractivity (Wildman–Crippen MR) is 81.8 cm³/mol. The van der Waals surface area contributed by atoms with Crippen LogP contribution in [0, 0.1) is 5.92 Å². The zero-order valence-corrected chi connectivity index (χ0v) is 12.7. The Bertz CT molecular complexity index is 601. The quantitative estimate of drug-likeness (QED) is 0.842. The molecule has 21 heavy (non-hydrogen) atoms. The van der Waals surface area contributed by atoms with Crippen molar-refractivity contribution in [2.75, 3.05) is 0 Å². The molecule has 0 bridgehead atoms. The highest BCUT2D eigenvalue weighted by Gasteiger charge is 2.47. The number of fused-ring (bicyclic) bond motifs is 3. The van der Waals surface area contributed by atoms with Gasteiger partial charge in [0.05, 0.1) is 0 Å². The molecular formula is C18H22O3. The molecule has 0 spiro atoms. The lowest BCUT2D eigenvalue weighted by atomic mass is 9.66. The second kappa shape index (κ2) is 4.90. The zero-order chi connectivity index (χ0) is 15.2. The Morgan fingerprint density at radius 1 is 1.48 bits per heavy atom. The van der Waals surface area contributed by atoms with E-state index < -0.39 is 0 Å². The Balaban J connectivity index is 2.11. The third kappa shape index (κ3) is 2.35. The van der Waals surface area contributed by atoms with E-state index in [4.69, 9.17) is 4.74 Å². The molecular weight excluding hydrogens is 264 g/mol. The minimum Gasteiger partial charge on any atom is -0.508 e. The van der Waals surface area contributed by atoms with Crippen molar-refractivity contribution in [1.82, 2.24) is 0 Å². The highest BCUT2D eigenvalue weighted by Crippen LogP contribution is 2.53. The molecule has 2 aliphatic rings. The van der Waals surface area contributed by atoms with E-state index in [0.29, 0.717) is 19.3 Å². The monoisotopic (exact) mass is 286 g/mol. The SMILES string of the molecule is C=CCc1cc(O)c2c(c1)OC(C)(C)C1CCC(=O)CC21. The van der Waals surface area contributed by atoms with Gasteiger partial charge in [-0.25, -0.2) is 0 Å². The number of benzene rings is 1. The van der Waals surface area contributed by atoms with Crippen LogP contribution in [0.15, 0.2) is 24.8 Å². The molecule has 2 atom stereocenters. The zero-order valence-electron chi connectivity index (χ0n) is 12.7. The predicted octanol–water partition coefficient (Wildman–Crippen LogP) is 3.74. The van der Waals surface area contributed by atoms with Gasteiger partial charge in [0.1, 0.15) is 22.9 Å². The molecule has 1 aliphatic carbocycles. The molecule has 1 heterocycles. The normalized spacial score (nSPS) is 26.5. The molecule has 3 nitrogen and oxygen atoms in total. The van der Waals surface area contributed by atoms with Crippen molar-refractivity contribution in [3.63, 3.8) is 0 Å². The fourth-order valence-electron chi connectivity index (χ4n) is 3.91. The summed E-state index contributed by atoms with van der Waals surface area (Å²) in [5.74, 6) is 1.62. The number of ether oxygens (including phenoxy) is 1. The summed E-state index contributed by atoms with van der Waals surface area (Å²) in [4.78, 5) is 11.9. The average Bonchev–Trinajstić information content (AvgIpc) is 2.37. The standard InChI is InChI=1S/C18H22O3/c1-4-5-11-8-15(20)17-13-10-12(19)6-7-14(13)18(2,3)21-16(17)9-11/h4,8-9,13-14,20H,1,5-7,10H2,2-3H3. The van der Waals surface area contributed by atoms with Gasteiger partial charge < -0.3 is 9.84 Å². The first kappa shape index (κ1) is 14.2. The lowest BCUT2D eigenvalue weighted by molar-refractivity contribution is -0.124. The fourth-order valence-corrected chi connectivity index (χ4v) is 3.91. The summed E-state index contributed by atoms with van der Waals surface area (Å²) in [5, 5.41) is 10.4. The van der Waals surface area contributed by atoms with E-state index in [0.717, 1.165) is 23.3 Å². The topological polar surface area (TPSA) is 46.5 Å². The molecule has 1 aromatic carbocycles. The molecule has 2 unspecified atom stereocenters. The number of rotatable bonds is 2. The first-order chi connectivity index (χ1) is 9.92. The van der Waals surface area contributed by atoms with Gasteiger partial charge in [-0.1, -0.05) is 6.08 Å². The van der Waals surface area contributed by atoms with Crippen LogP contribution in [-0.4, -0.2) is 16.5 Å². The van der Waals surface area contributed by atoms with Crippen molar-refractivity contribution >= 4 is 5.78 Å². The van der Waals surface area contributed by atoms with Gasteiger partial charge in [0.25, 0.3) is 0 Å². The number of ketones is 1. The lowest BCUT2D eigenvalue weighted by Crippen LogP contribution is -2.47. The number of aromatic hydroxyl groups is 1. The third-order valence-corrected chi connectivity index (χ3v) is 4.86. The largest absolute Gasteiger partial charge is 0.508 e. The third-order valence-electron chi connectivity index (χ3n) is 4.86. The van der Waals surface area contributed by atoms with Crippen LogP contribution in [-0.2, 0) is 11.2 Å². The van der Waals surface area contributed by atoms with Crippen LogP contribution in [0.2, 0.25) is 0 Å². The first-order valence-electron chi connectivity index (χ1n) is 7.60. The van der Waals surface area contributed by atoms with Crippen LogP contribution >= 0.6 is 0 Å². The molecule has 112 valence electrons. The van der Waals surface area contributed by atoms with Crippen molar-refractivity contribution in [2.24, 2.45) is 5.92 Å². The highest BCUT2D eigenvalue weighted by molar-refractivity contribution is 5.81. The highest BCUT2D eigenvalue weighted by atomic mass is 16.5. The van der Waals surface area contributed by atoms with Crippen molar-refractivity contribution < 1.29 is 14.6 Å². The molecule has 1 saturated carbocycles. The Kier molecular flexibility index (Phi) is 3.31. The Labute approximate surface area is 125 Å². The van der Waals surface area contributed by atoms with E-state index in [1.807, 2.05) is 12.1 Å². The number of carbonyl (C=O) groups is 1. The van der Waals surface area contributed by atoms with Gasteiger partial charge in [-0.05, 0) is 44.4 Å². The van der Waals surface area contributed by atoms with Crippen LogP contribution in [0.5, 0.6) is 11.5 Å². The van der Waals surface area contributed by atoms with E-state index in [1.165, 1.54) is 0 Å². The van der Waals surface area contributed by atoms with E-state index in [-0.39, 0.29) is 29.0 Å². The number of phenolic OH excluding ortho intramolecular Hbond substituents is 1. The van der Waals surface area contributed by atoms with E-state index >= 15 is 0 Å². The van der Waals surface area contributed by atoms with E-state index in [1.54, 1.807) is 6.07 Å². The van der Waals surface area contributed by atoms with Crippen molar-refractivity contribution in [2.45, 2.75) is 51.0 Å². The summed E-state index contributed by atoms with van der Waals surface area (Å²) >= 11 is 0. The van der Waals surface area contributed by atoms with Crippen LogP contribution in [0.25, 0.3) is 0 Å². The van der Waals surface area contributed by atoms with E-state index in [2.05, 4.69) is 20.4 Å². The number of hydrogen-bond donors (Lipinski definition) is 1. The fraction of sp³-hybridized carbons (Fsp3) is 0.500. The van der Waals surface area contributed by atoms with Gasteiger partial charge in [0.2, 0.25) is 0 Å². The van der Waals surface area contributed by atoms with Gasteiger partial charge in [-0.3, -0.25) is 4.79 Å². The Morgan fingerprint density at radius 2 is 2.24 bits per heavy atom. The molecule has 0 aromatic heterocycles. The molecule has 3 rings (SSSR count). The molecule has 3 heteroatoms. The second-order valence-corrected chi connectivity index (χ2v) is 6.72. The van der Waals surface area contributed by atoms with Crippen molar-refractivity contribution in [3.8, 4) is 11.5 Å². The molecule has 0 radical (unpaired) electrons. The number of carbonyl (C=O) groups excluding carboxylic acids is 1. The maximum atomic E-state index is 11.9. The molecule has 1 fully saturated rings. The van der Waals surface area contributed by atoms with Crippen LogP contribution < -0.4 is 4.74 Å². The first-order valence-corrected chi connectivity index (χ1v) is 7.60. The molecule has 0 amide bonds. The van der Waals surface area contributed by atoms with Gasteiger partial charge in [0, 0.05) is 30.2 Å². The minimum atomic E-state index is -0.308. The summed E-state index contributed by atoms with van der Waals surface area (Å²) in [6.45, 7) is 7.90. The molecule has 1 aromatic rings. The Morgan fingerprint density at radius 3 is 2.95 bits per heavy atom. The second-order valence-electron chi connectivity index (χ2n) is 6.72. The number of Topliss-reactive ketones (excluding diaryl/α,β-unsaturated/α-hetero) is 1. The van der Waals surface area contributed by atoms with E-state index in [9.17, 15) is 9.90 Å². The van der Waals surface area contributed by atoms with Crippen molar-refractivity contribution in [1.29, 1.82) is 0 Å². The maximum absolute atomic E-state index is 11.9. The van der Waals surface area contributed by atoms with Gasteiger partial charge in [0.15, 0.2) is 0 Å². The van der Waals surface area contributed by atoms with Crippen molar-refractivity contribution in [3.05, 3.63) is 35.9 Å². The number of allylic oxidation sites excluding steroid dienone is 1. The number of phenols is 1. The van der Waals surface area contributed by atoms with Crippen LogP contribution in [0.1, 0.15) is 50.2 Å². The number of hydrogen-bond acceptors (Lipinski definition) is 3. The van der Waals surface area contributed by atoms with Gasteiger partial charge >= 0.3 is 0 Å². The summed E-state index contributed by atoms with van der Waals surface area (Å²) < 4.78 is 6.19. The summed E-state index contributed by atoms with van der Waals surface area (Å²) in [7, 11) is 0. The van der Waals surface area contributed by atoms with Crippen LogP contribution in [0.3, 0.4) is 0 Å². The van der Waals surface area contributed by atoms with Gasteiger partial charge in [-0.15, -0.1) is 6.58 Å². The summed E-state index contributed by atoms with van der Waals surface area (Å²) in [5.41, 5.74) is 1.50. The van der Waals surface area contributed by atoms with Gasteiger partial charge in [-0.2, -0.15) is 0 Å². The summed E-state index contributed by atoms with van der Waals surface area (Å²) in [6, 6.07) is 3.76. The Hall–Kier alpha value is -1.77. The molecule has 0 saturated heterocycles. The van der Waals surface area contributed by atoms with Crippen LogP contribution in [0.4, 0.5) is 0 Å². The molecule has 1 N–H and O–H groups in total. The average molecular weight is 286 g/mol. The smallest absolute Gasteiger partial charge is 0.133 e. The maximum Gasteiger partial charge on any atom is 0.133 e. The molecule has 1 aliphatic heterocycles. The summed E-state index contributed by atoms with van der Waals surface area (Å²) in [6.07, 6.45) is 4.47.